The first kappa shape index (κ1) is 14.6. The van der Waals surface area contributed by atoms with E-state index in [1.54, 1.807) is 10.6 Å². The molecule has 0 N–H and O–H groups in total. The fourth-order valence-electron chi connectivity index (χ4n) is 2.61. The first-order valence-corrected chi connectivity index (χ1v) is 7.58. The Hall–Kier alpha value is -2.36. The van der Waals surface area contributed by atoms with E-state index in [-0.39, 0.29) is 23.3 Å². The standard InChI is InChI=1S/C18H19NO3/c1-12(2)22-17-6-4-3-5-15(17)16-10-7-13(11-20)18(21)19(16)14-8-9-14/h3-7,10-12,14H,8-9H2,1-2H3. The first-order valence-electron chi connectivity index (χ1n) is 7.58. The zero-order valence-corrected chi connectivity index (χ0v) is 12.8. The molecule has 114 valence electrons. The molecular weight excluding hydrogens is 278 g/mol. The number of carbonyl (C=O) groups is 1. The highest BCUT2D eigenvalue weighted by atomic mass is 16.5. The van der Waals surface area contributed by atoms with Crippen LogP contribution < -0.4 is 10.3 Å². The number of nitrogens with zero attached hydrogens (tertiary/aromatic N) is 1. The van der Waals surface area contributed by atoms with Gasteiger partial charge in [0.05, 0.1) is 17.4 Å². The lowest BCUT2D eigenvalue weighted by Crippen LogP contribution is -2.24. The minimum Gasteiger partial charge on any atom is -0.490 e. The Morgan fingerprint density at radius 1 is 1.18 bits per heavy atom. The summed E-state index contributed by atoms with van der Waals surface area (Å²) in [4.78, 5) is 23.5. The summed E-state index contributed by atoms with van der Waals surface area (Å²) in [6.07, 6.45) is 2.63. The largest absolute Gasteiger partial charge is 0.490 e. The summed E-state index contributed by atoms with van der Waals surface area (Å²) in [5.74, 6) is 0.755. The smallest absolute Gasteiger partial charge is 0.261 e. The highest BCUT2D eigenvalue weighted by molar-refractivity contribution is 5.76. The van der Waals surface area contributed by atoms with Gasteiger partial charge in [-0.2, -0.15) is 0 Å². The van der Waals surface area contributed by atoms with Crippen LogP contribution in [0, 0.1) is 0 Å². The summed E-state index contributed by atoms with van der Waals surface area (Å²) in [6, 6.07) is 11.3. The van der Waals surface area contributed by atoms with Gasteiger partial charge in [0, 0.05) is 11.6 Å². The van der Waals surface area contributed by atoms with Crippen molar-refractivity contribution < 1.29 is 9.53 Å². The lowest BCUT2D eigenvalue weighted by atomic mass is 10.1. The van der Waals surface area contributed by atoms with Gasteiger partial charge in [-0.25, -0.2) is 0 Å². The molecule has 1 heterocycles. The molecule has 0 spiro atoms. The second-order valence-corrected chi connectivity index (χ2v) is 5.86. The molecular formula is C18H19NO3. The Labute approximate surface area is 129 Å². The molecule has 0 amide bonds. The van der Waals surface area contributed by atoms with Gasteiger partial charge in [-0.05, 0) is 51.0 Å². The monoisotopic (exact) mass is 297 g/mol. The molecule has 1 saturated carbocycles. The van der Waals surface area contributed by atoms with E-state index in [2.05, 4.69) is 0 Å². The number of aromatic nitrogens is 1. The van der Waals surface area contributed by atoms with Crippen molar-refractivity contribution in [3.8, 4) is 17.0 Å². The Kier molecular flexibility index (Phi) is 3.84. The maximum absolute atomic E-state index is 12.5. The van der Waals surface area contributed by atoms with Gasteiger partial charge in [-0.3, -0.25) is 9.59 Å². The van der Waals surface area contributed by atoms with Crippen molar-refractivity contribution in [3.63, 3.8) is 0 Å². The molecule has 3 rings (SSSR count). The van der Waals surface area contributed by atoms with Crippen molar-refractivity contribution in [1.82, 2.24) is 4.57 Å². The van der Waals surface area contributed by atoms with Gasteiger partial charge >= 0.3 is 0 Å². The topological polar surface area (TPSA) is 48.3 Å². The van der Waals surface area contributed by atoms with Crippen LogP contribution in [0.2, 0.25) is 0 Å². The number of benzene rings is 1. The van der Waals surface area contributed by atoms with Crippen molar-refractivity contribution in [2.24, 2.45) is 0 Å². The quantitative estimate of drug-likeness (QED) is 0.794. The van der Waals surface area contributed by atoms with Gasteiger partial charge in [0.2, 0.25) is 0 Å². The van der Waals surface area contributed by atoms with Gasteiger partial charge in [0.1, 0.15) is 5.75 Å². The molecule has 1 fully saturated rings. The van der Waals surface area contributed by atoms with Gasteiger partial charge in [-0.15, -0.1) is 0 Å². The van der Waals surface area contributed by atoms with Crippen LogP contribution in [0.4, 0.5) is 0 Å². The minimum atomic E-state index is -0.214. The molecule has 22 heavy (non-hydrogen) atoms. The van der Waals surface area contributed by atoms with E-state index in [0.29, 0.717) is 6.29 Å². The third-order valence-electron chi connectivity index (χ3n) is 3.71. The number of aldehydes is 1. The Morgan fingerprint density at radius 2 is 1.91 bits per heavy atom. The lowest BCUT2D eigenvalue weighted by Gasteiger charge is -2.18. The fraction of sp³-hybridized carbons (Fsp3) is 0.333. The van der Waals surface area contributed by atoms with Gasteiger partial charge < -0.3 is 9.30 Å². The van der Waals surface area contributed by atoms with E-state index in [1.807, 2.05) is 44.2 Å². The second kappa shape index (κ2) is 5.79. The van der Waals surface area contributed by atoms with Crippen molar-refractivity contribution >= 4 is 6.29 Å². The van der Waals surface area contributed by atoms with Crippen molar-refractivity contribution in [2.75, 3.05) is 0 Å². The third kappa shape index (κ3) is 2.69. The SMILES string of the molecule is CC(C)Oc1ccccc1-c1ccc(C=O)c(=O)n1C1CC1. The van der Waals surface area contributed by atoms with Crippen LogP contribution in [-0.4, -0.2) is 17.0 Å². The Bertz CT molecular complexity index is 757. The maximum Gasteiger partial charge on any atom is 0.261 e. The summed E-state index contributed by atoms with van der Waals surface area (Å²) in [5.41, 5.74) is 1.69. The van der Waals surface area contributed by atoms with Crippen molar-refractivity contribution in [1.29, 1.82) is 0 Å². The molecule has 0 bridgehead atoms. The number of para-hydroxylation sites is 1. The van der Waals surface area contributed by atoms with Crippen molar-refractivity contribution in [3.05, 3.63) is 52.3 Å². The number of hydrogen-bond donors (Lipinski definition) is 0. The van der Waals surface area contributed by atoms with E-state index >= 15 is 0 Å². The molecule has 0 saturated heterocycles. The molecule has 1 aromatic carbocycles. The van der Waals surface area contributed by atoms with Gasteiger partial charge in [0.25, 0.3) is 5.56 Å². The highest BCUT2D eigenvalue weighted by Crippen LogP contribution is 2.39. The average molecular weight is 297 g/mol. The molecule has 1 aromatic heterocycles. The lowest BCUT2D eigenvalue weighted by molar-refractivity contribution is 0.112. The molecule has 0 atom stereocenters. The summed E-state index contributed by atoms with van der Waals surface area (Å²) >= 11 is 0. The number of ether oxygens (including phenoxy) is 1. The summed E-state index contributed by atoms with van der Waals surface area (Å²) in [5, 5.41) is 0. The van der Waals surface area contributed by atoms with Crippen LogP contribution in [0.5, 0.6) is 5.75 Å². The summed E-state index contributed by atoms with van der Waals surface area (Å²) in [6.45, 7) is 3.94. The second-order valence-electron chi connectivity index (χ2n) is 5.86. The number of rotatable bonds is 5. The van der Waals surface area contributed by atoms with Crippen LogP contribution in [0.1, 0.15) is 43.1 Å². The zero-order chi connectivity index (χ0) is 15.7. The zero-order valence-electron chi connectivity index (χ0n) is 12.8. The maximum atomic E-state index is 12.5. The van der Waals surface area contributed by atoms with Crippen LogP contribution in [0.15, 0.2) is 41.2 Å². The number of pyridine rings is 1. The normalized spacial score (nSPS) is 14.1. The molecule has 0 radical (unpaired) electrons. The molecule has 0 unspecified atom stereocenters. The van der Waals surface area contributed by atoms with Crippen LogP contribution >= 0.6 is 0 Å². The molecule has 1 aliphatic rings. The number of hydrogen-bond acceptors (Lipinski definition) is 3. The van der Waals surface area contributed by atoms with Gasteiger partial charge in [0.15, 0.2) is 6.29 Å². The predicted octanol–water partition coefficient (Wildman–Crippen LogP) is 3.45. The van der Waals surface area contributed by atoms with Crippen molar-refractivity contribution in [2.45, 2.75) is 38.8 Å². The molecule has 1 aliphatic carbocycles. The Morgan fingerprint density at radius 3 is 2.55 bits per heavy atom. The molecule has 2 aromatic rings. The predicted molar refractivity (Wildman–Crippen MR) is 85.6 cm³/mol. The minimum absolute atomic E-state index is 0.0523. The van der Waals surface area contributed by atoms with E-state index in [0.717, 1.165) is 29.8 Å². The van der Waals surface area contributed by atoms with E-state index in [4.69, 9.17) is 4.74 Å². The molecule has 0 aliphatic heterocycles. The van der Waals surface area contributed by atoms with Crippen LogP contribution in [-0.2, 0) is 0 Å². The van der Waals surface area contributed by atoms with Gasteiger partial charge in [-0.1, -0.05) is 12.1 Å². The fourth-order valence-corrected chi connectivity index (χ4v) is 2.61. The van der Waals surface area contributed by atoms with Crippen LogP contribution in [0.3, 0.4) is 0 Å². The summed E-state index contributed by atoms with van der Waals surface area (Å²) in [7, 11) is 0. The highest BCUT2D eigenvalue weighted by Gasteiger charge is 2.28. The molecule has 4 nitrogen and oxygen atoms in total. The first-order chi connectivity index (χ1) is 10.6. The van der Waals surface area contributed by atoms with E-state index in [9.17, 15) is 9.59 Å². The third-order valence-corrected chi connectivity index (χ3v) is 3.71. The van der Waals surface area contributed by atoms with E-state index in [1.165, 1.54) is 0 Å². The summed E-state index contributed by atoms with van der Waals surface area (Å²) < 4.78 is 7.61. The van der Waals surface area contributed by atoms with Crippen LogP contribution in [0.25, 0.3) is 11.3 Å². The van der Waals surface area contributed by atoms with E-state index < -0.39 is 0 Å². The average Bonchev–Trinajstić information content (AvgIpc) is 3.31. The molecule has 4 heteroatoms. The number of carbonyl (C=O) groups excluding carboxylic acids is 1. The Balaban J connectivity index is 2.19.